The van der Waals surface area contributed by atoms with E-state index in [1.165, 1.54) is 5.69 Å². The molecule has 0 fully saturated rings. The topological polar surface area (TPSA) is 39.1 Å². The molecule has 1 N–H and O–H groups in total. The number of hydrogen-bond acceptors (Lipinski definition) is 3. The van der Waals surface area contributed by atoms with E-state index in [4.69, 9.17) is 4.74 Å². The zero-order valence-corrected chi connectivity index (χ0v) is 12.4. The Kier molecular flexibility index (Phi) is 6.36. The van der Waals surface area contributed by atoms with Crippen LogP contribution in [-0.2, 0) is 17.7 Å². The smallest absolute Gasteiger partial charge is 0.0725 e. The molecule has 0 amide bonds. The normalized spacial score (nSPS) is 14.7. The minimum atomic E-state index is 0.255. The highest BCUT2D eigenvalue weighted by molar-refractivity contribution is 5.11. The lowest BCUT2D eigenvalue weighted by Gasteiger charge is -2.26. The van der Waals surface area contributed by atoms with Gasteiger partial charge in [0.15, 0.2) is 0 Å². The van der Waals surface area contributed by atoms with Gasteiger partial charge >= 0.3 is 0 Å². The number of hydrogen-bond donors (Lipinski definition) is 1. The quantitative estimate of drug-likeness (QED) is 0.771. The summed E-state index contributed by atoms with van der Waals surface area (Å²) in [6, 6.07) is 2.53. The standard InChI is InChI=1S/C14H27N3O/c1-6-14(18-5)13(15-7-2)10-12-9-11(4)16-17(12)8-3/h9,13-15H,6-8,10H2,1-5H3. The molecule has 0 saturated carbocycles. The molecule has 2 atom stereocenters. The molecular formula is C14H27N3O. The molecule has 0 aliphatic carbocycles. The number of methoxy groups -OCH3 is 1. The van der Waals surface area contributed by atoms with Crippen LogP contribution < -0.4 is 5.32 Å². The lowest BCUT2D eigenvalue weighted by atomic mass is 10.0. The summed E-state index contributed by atoms with van der Waals surface area (Å²) < 4.78 is 7.66. The molecule has 4 heteroatoms. The fourth-order valence-corrected chi connectivity index (χ4v) is 2.48. The first kappa shape index (κ1) is 15.2. The van der Waals surface area contributed by atoms with Gasteiger partial charge in [-0.05, 0) is 32.9 Å². The van der Waals surface area contributed by atoms with E-state index in [-0.39, 0.29) is 6.10 Å². The first-order valence-electron chi connectivity index (χ1n) is 6.95. The number of nitrogens with one attached hydrogen (secondary N) is 1. The van der Waals surface area contributed by atoms with E-state index in [2.05, 4.69) is 41.9 Å². The Morgan fingerprint density at radius 1 is 1.39 bits per heavy atom. The molecule has 0 aliphatic heterocycles. The molecule has 2 unspecified atom stereocenters. The molecule has 1 heterocycles. The highest BCUT2D eigenvalue weighted by Crippen LogP contribution is 2.12. The molecule has 0 saturated heterocycles. The number of likely N-dealkylation sites (N-methyl/N-ethyl adjacent to an activating group) is 1. The summed E-state index contributed by atoms with van der Waals surface area (Å²) in [5.41, 5.74) is 2.38. The van der Waals surface area contributed by atoms with Gasteiger partial charge in [-0.3, -0.25) is 4.68 Å². The van der Waals surface area contributed by atoms with Crippen molar-refractivity contribution >= 4 is 0 Å². The fourth-order valence-electron chi connectivity index (χ4n) is 2.48. The van der Waals surface area contributed by atoms with E-state index < -0.39 is 0 Å². The van der Waals surface area contributed by atoms with E-state index in [1.54, 1.807) is 7.11 Å². The van der Waals surface area contributed by atoms with Gasteiger partial charge in [0.05, 0.1) is 11.8 Å². The second-order valence-corrected chi connectivity index (χ2v) is 4.64. The van der Waals surface area contributed by atoms with Gasteiger partial charge in [0.2, 0.25) is 0 Å². The molecule has 0 aromatic carbocycles. The highest BCUT2D eigenvalue weighted by Gasteiger charge is 2.20. The molecule has 0 aliphatic rings. The Balaban J connectivity index is 2.81. The molecule has 1 rings (SSSR count). The van der Waals surface area contributed by atoms with Crippen molar-refractivity contribution in [3.63, 3.8) is 0 Å². The van der Waals surface area contributed by atoms with Gasteiger partial charge in [0.1, 0.15) is 0 Å². The van der Waals surface area contributed by atoms with E-state index >= 15 is 0 Å². The molecule has 1 aromatic rings. The second kappa shape index (κ2) is 7.54. The van der Waals surface area contributed by atoms with Crippen LogP contribution in [0.1, 0.15) is 38.6 Å². The van der Waals surface area contributed by atoms with Crippen LogP contribution in [0.5, 0.6) is 0 Å². The van der Waals surface area contributed by atoms with Crippen molar-refractivity contribution < 1.29 is 4.74 Å². The SMILES string of the molecule is CCNC(Cc1cc(C)nn1CC)C(CC)OC. The van der Waals surface area contributed by atoms with E-state index in [0.717, 1.165) is 31.6 Å². The molecule has 1 aromatic heterocycles. The Hall–Kier alpha value is -0.870. The third-order valence-corrected chi connectivity index (χ3v) is 3.33. The maximum Gasteiger partial charge on any atom is 0.0725 e. The molecule has 0 bridgehead atoms. The predicted molar refractivity (Wildman–Crippen MR) is 74.9 cm³/mol. The molecule has 104 valence electrons. The molecule has 18 heavy (non-hydrogen) atoms. The number of nitrogens with zero attached hydrogens (tertiary/aromatic N) is 2. The maximum absolute atomic E-state index is 5.57. The lowest BCUT2D eigenvalue weighted by Crippen LogP contribution is -2.42. The van der Waals surface area contributed by atoms with Gasteiger partial charge in [0.25, 0.3) is 0 Å². The van der Waals surface area contributed by atoms with Crippen molar-refractivity contribution in [3.05, 3.63) is 17.5 Å². The van der Waals surface area contributed by atoms with Crippen molar-refractivity contribution in [2.45, 2.75) is 59.2 Å². The average Bonchev–Trinajstić information content (AvgIpc) is 2.71. The Bertz CT molecular complexity index is 345. The molecule has 0 spiro atoms. The van der Waals surface area contributed by atoms with Crippen LogP contribution in [-0.4, -0.2) is 35.6 Å². The summed E-state index contributed by atoms with van der Waals surface area (Å²) >= 11 is 0. The molecule has 4 nitrogen and oxygen atoms in total. The average molecular weight is 253 g/mol. The van der Waals surface area contributed by atoms with Crippen LogP contribution in [0, 0.1) is 6.92 Å². The largest absolute Gasteiger partial charge is 0.380 e. The molecule has 0 radical (unpaired) electrons. The summed E-state index contributed by atoms with van der Waals surface area (Å²) in [6.07, 6.45) is 2.24. The predicted octanol–water partition coefficient (Wildman–Crippen LogP) is 2.16. The number of ether oxygens (including phenoxy) is 1. The second-order valence-electron chi connectivity index (χ2n) is 4.64. The van der Waals surface area contributed by atoms with Crippen LogP contribution >= 0.6 is 0 Å². The van der Waals surface area contributed by atoms with E-state index in [0.29, 0.717) is 6.04 Å². The van der Waals surface area contributed by atoms with Crippen LogP contribution in [0.3, 0.4) is 0 Å². The van der Waals surface area contributed by atoms with Crippen molar-refractivity contribution in [2.75, 3.05) is 13.7 Å². The van der Waals surface area contributed by atoms with Crippen LogP contribution in [0.2, 0.25) is 0 Å². The fraction of sp³-hybridized carbons (Fsp3) is 0.786. The minimum absolute atomic E-state index is 0.255. The first-order valence-corrected chi connectivity index (χ1v) is 6.95. The summed E-state index contributed by atoms with van der Waals surface area (Å²) in [6.45, 7) is 10.4. The van der Waals surface area contributed by atoms with E-state index in [1.807, 2.05) is 6.92 Å². The first-order chi connectivity index (χ1) is 8.65. The zero-order valence-electron chi connectivity index (χ0n) is 12.4. The summed E-state index contributed by atoms with van der Waals surface area (Å²) in [5.74, 6) is 0. The van der Waals surface area contributed by atoms with Crippen LogP contribution in [0.4, 0.5) is 0 Å². The van der Waals surface area contributed by atoms with Gasteiger partial charge < -0.3 is 10.1 Å². The molecular weight excluding hydrogens is 226 g/mol. The van der Waals surface area contributed by atoms with Crippen LogP contribution in [0.25, 0.3) is 0 Å². The highest BCUT2D eigenvalue weighted by atomic mass is 16.5. The number of rotatable bonds is 8. The summed E-state index contributed by atoms with van der Waals surface area (Å²) in [7, 11) is 1.79. The summed E-state index contributed by atoms with van der Waals surface area (Å²) in [5, 5.41) is 8.03. The van der Waals surface area contributed by atoms with Crippen molar-refractivity contribution in [3.8, 4) is 0 Å². The Labute approximate surface area is 111 Å². The summed E-state index contributed by atoms with van der Waals surface area (Å²) in [4.78, 5) is 0. The number of aromatic nitrogens is 2. The lowest BCUT2D eigenvalue weighted by molar-refractivity contribution is 0.0652. The van der Waals surface area contributed by atoms with Crippen molar-refractivity contribution in [2.24, 2.45) is 0 Å². The minimum Gasteiger partial charge on any atom is -0.380 e. The third kappa shape index (κ3) is 3.82. The monoisotopic (exact) mass is 253 g/mol. The van der Waals surface area contributed by atoms with Gasteiger partial charge in [0, 0.05) is 31.8 Å². The number of aryl methyl sites for hydroxylation is 2. The van der Waals surface area contributed by atoms with Gasteiger partial charge in [-0.25, -0.2) is 0 Å². The Morgan fingerprint density at radius 2 is 2.11 bits per heavy atom. The van der Waals surface area contributed by atoms with E-state index in [9.17, 15) is 0 Å². The van der Waals surface area contributed by atoms with Gasteiger partial charge in [-0.2, -0.15) is 5.10 Å². The van der Waals surface area contributed by atoms with Gasteiger partial charge in [-0.1, -0.05) is 13.8 Å². The Morgan fingerprint density at radius 3 is 2.61 bits per heavy atom. The van der Waals surface area contributed by atoms with Crippen molar-refractivity contribution in [1.82, 2.24) is 15.1 Å². The maximum atomic E-state index is 5.57. The van der Waals surface area contributed by atoms with Crippen molar-refractivity contribution in [1.29, 1.82) is 0 Å². The van der Waals surface area contributed by atoms with Gasteiger partial charge in [-0.15, -0.1) is 0 Å². The zero-order chi connectivity index (χ0) is 13.5. The third-order valence-electron chi connectivity index (χ3n) is 3.33. The van der Waals surface area contributed by atoms with Crippen LogP contribution in [0.15, 0.2) is 6.07 Å².